The van der Waals surface area contributed by atoms with Crippen LogP contribution in [-0.4, -0.2) is 29.5 Å². The van der Waals surface area contributed by atoms with E-state index < -0.39 is 10.9 Å². The first-order valence-electron chi connectivity index (χ1n) is 9.43. The molecule has 1 aromatic carbocycles. The van der Waals surface area contributed by atoms with E-state index in [2.05, 4.69) is 0 Å². The van der Waals surface area contributed by atoms with Crippen molar-refractivity contribution in [3.05, 3.63) is 33.9 Å². The molecule has 0 N–H and O–H groups in total. The Morgan fingerprint density at radius 2 is 1.78 bits per heavy atom. The average molecular weight is 389 g/mol. The molecular weight excluding hydrogens is 366 g/mol. The van der Waals surface area contributed by atoms with Gasteiger partial charge in [-0.05, 0) is 74.7 Å². The van der Waals surface area contributed by atoms with Gasteiger partial charge in [0.2, 0.25) is 0 Å². The molecule has 4 saturated carbocycles. The molecule has 0 saturated heterocycles. The standard InChI is InChI=1S/C20H23NO5S/c1-27-17-3-2-15(7-16(17)21(24)25)19(23)26-11-18(22)20-8-12-4-13(9-20)6-14(5-12)10-20/h2-3,7,12-14H,4-6,8-11H2,1H3. The van der Waals surface area contributed by atoms with Crippen LogP contribution in [0.25, 0.3) is 0 Å². The third kappa shape index (κ3) is 3.37. The van der Waals surface area contributed by atoms with Gasteiger partial charge in [0.1, 0.15) is 0 Å². The quantitative estimate of drug-likeness (QED) is 0.313. The van der Waals surface area contributed by atoms with Crippen molar-refractivity contribution in [2.24, 2.45) is 23.2 Å². The molecule has 0 unspecified atom stereocenters. The molecule has 6 nitrogen and oxygen atoms in total. The van der Waals surface area contributed by atoms with Crippen LogP contribution >= 0.6 is 11.8 Å². The fourth-order valence-electron chi connectivity index (χ4n) is 5.78. The van der Waals surface area contributed by atoms with E-state index in [0.717, 1.165) is 19.3 Å². The van der Waals surface area contributed by atoms with Gasteiger partial charge in [0, 0.05) is 11.5 Å². The normalized spacial score (nSPS) is 30.9. The van der Waals surface area contributed by atoms with Crippen LogP contribution in [0.15, 0.2) is 23.1 Å². The number of ether oxygens (including phenoxy) is 1. The summed E-state index contributed by atoms with van der Waals surface area (Å²) in [6, 6.07) is 4.28. The maximum atomic E-state index is 12.9. The fraction of sp³-hybridized carbons (Fsp3) is 0.600. The minimum atomic E-state index is -0.677. The van der Waals surface area contributed by atoms with Crippen LogP contribution in [0, 0.1) is 33.3 Å². The number of benzene rings is 1. The molecule has 4 bridgehead atoms. The number of Topliss-reactive ketones (excluding diaryl/α,β-unsaturated/α-hetero) is 1. The molecule has 0 heterocycles. The third-order valence-electron chi connectivity index (χ3n) is 6.58. The number of ketones is 1. The first kappa shape index (κ1) is 18.5. The molecule has 0 atom stereocenters. The Kier molecular flexibility index (Phi) is 4.74. The summed E-state index contributed by atoms with van der Waals surface area (Å²) < 4.78 is 5.27. The molecule has 1 aromatic rings. The first-order chi connectivity index (χ1) is 12.9. The van der Waals surface area contributed by atoms with E-state index in [4.69, 9.17) is 4.74 Å². The van der Waals surface area contributed by atoms with Gasteiger partial charge in [-0.25, -0.2) is 4.79 Å². The van der Waals surface area contributed by atoms with Crippen LogP contribution in [0.2, 0.25) is 0 Å². The summed E-state index contributed by atoms with van der Waals surface area (Å²) in [5.74, 6) is 1.31. The first-order valence-corrected chi connectivity index (χ1v) is 10.7. The zero-order valence-electron chi connectivity index (χ0n) is 15.3. The molecule has 144 valence electrons. The van der Waals surface area contributed by atoms with Crippen molar-refractivity contribution in [2.75, 3.05) is 12.9 Å². The van der Waals surface area contributed by atoms with Crippen molar-refractivity contribution in [1.82, 2.24) is 0 Å². The van der Waals surface area contributed by atoms with E-state index >= 15 is 0 Å². The van der Waals surface area contributed by atoms with Gasteiger partial charge in [-0.2, -0.15) is 0 Å². The number of carbonyl (C=O) groups is 2. The predicted octanol–water partition coefficient (Wildman–Crippen LogP) is 4.26. The molecule has 0 spiro atoms. The average Bonchev–Trinajstić information content (AvgIpc) is 2.64. The zero-order chi connectivity index (χ0) is 19.2. The molecule has 0 amide bonds. The van der Waals surface area contributed by atoms with Gasteiger partial charge in [0.25, 0.3) is 5.69 Å². The topological polar surface area (TPSA) is 86.5 Å². The van der Waals surface area contributed by atoms with Gasteiger partial charge in [-0.3, -0.25) is 14.9 Å². The number of hydrogen-bond donors (Lipinski definition) is 0. The van der Waals surface area contributed by atoms with Crippen molar-refractivity contribution in [3.8, 4) is 0 Å². The Morgan fingerprint density at radius 3 is 2.30 bits per heavy atom. The maximum Gasteiger partial charge on any atom is 0.338 e. The monoisotopic (exact) mass is 389 g/mol. The Morgan fingerprint density at radius 1 is 1.19 bits per heavy atom. The maximum absolute atomic E-state index is 12.9. The summed E-state index contributed by atoms with van der Waals surface area (Å²) in [4.78, 5) is 36.4. The lowest BCUT2D eigenvalue weighted by molar-refractivity contribution is -0.387. The highest BCUT2D eigenvalue weighted by Crippen LogP contribution is 2.60. The highest BCUT2D eigenvalue weighted by molar-refractivity contribution is 7.98. The van der Waals surface area contributed by atoms with Gasteiger partial charge in [-0.15, -0.1) is 11.8 Å². The van der Waals surface area contributed by atoms with Crippen LogP contribution in [0.5, 0.6) is 0 Å². The molecule has 4 aliphatic carbocycles. The third-order valence-corrected chi connectivity index (χ3v) is 7.36. The van der Waals surface area contributed by atoms with Crippen LogP contribution in [0.1, 0.15) is 48.9 Å². The number of nitro benzene ring substituents is 1. The molecule has 5 rings (SSSR count). The van der Waals surface area contributed by atoms with E-state index in [-0.39, 0.29) is 29.1 Å². The SMILES string of the molecule is CSc1ccc(C(=O)OCC(=O)C23CC4CC(CC(C4)C2)C3)cc1[N+](=O)[O-]. The van der Waals surface area contributed by atoms with Crippen LogP contribution in [0.3, 0.4) is 0 Å². The number of nitrogens with zero attached hydrogens (tertiary/aromatic N) is 1. The Labute approximate surface area is 162 Å². The summed E-state index contributed by atoms with van der Waals surface area (Å²) >= 11 is 1.25. The Hall–Kier alpha value is -1.89. The number of thioether (sulfide) groups is 1. The largest absolute Gasteiger partial charge is 0.454 e. The second kappa shape index (κ2) is 6.93. The van der Waals surface area contributed by atoms with Crippen molar-refractivity contribution in [1.29, 1.82) is 0 Å². The second-order valence-corrected chi connectivity index (χ2v) is 9.19. The predicted molar refractivity (Wildman–Crippen MR) is 101 cm³/mol. The van der Waals surface area contributed by atoms with Crippen molar-refractivity contribution < 1.29 is 19.2 Å². The van der Waals surface area contributed by atoms with E-state index in [0.29, 0.717) is 22.6 Å². The summed E-state index contributed by atoms with van der Waals surface area (Å²) in [6.45, 7) is -0.233. The van der Waals surface area contributed by atoms with Crippen LogP contribution in [-0.2, 0) is 9.53 Å². The van der Waals surface area contributed by atoms with Crippen molar-refractivity contribution >= 4 is 29.2 Å². The van der Waals surface area contributed by atoms with Crippen LogP contribution < -0.4 is 0 Å². The number of carbonyl (C=O) groups excluding carboxylic acids is 2. The molecule has 0 aliphatic heterocycles. The summed E-state index contributed by atoms with van der Waals surface area (Å²) in [5, 5.41) is 11.2. The van der Waals surface area contributed by atoms with Gasteiger partial charge < -0.3 is 4.74 Å². The number of rotatable bonds is 6. The molecule has 0 aromatic heterocycles. The molecule has 0 radical (unpaired) electrons. The molecule has 27 heavy (non-hydrogen) atoms. The van der Waals surface area contributed by atoms with Crippen LogP contribution in [0.4, 0.5) is 5.69 Å². The van der Waals surface area contributed by atoms with E-state index in [1.54, 1.807) is 12.3 Å². The smallest absolute Gasteiger partial charge is 0.338 e. The summed E-state index contributed by atoms with van der Waals surface area (Å²) in [7, 11) is 0. The van der Waals surface area contributed by atoms with Crippen molar-refractivity contribution in [2.45, 2.75) is 43.4 Å². The Balaban J connectivity index is 1.43. The minimum absolute atomic E-state index is 0.0326. The number of esters is 1. The van der Waals surface area contributed by atoms with E-state index in [9.17, 15) is 19.7 Å². The minimum Gasteiger partial charge on any atom is -0.454 e. The molecular formula is C20H23NO5S. The van der Waals surface area contributed by atoms with E-state index in [1.165, 1.54) is 43.2 Å². The lowest BCUT2D eigenvalue weighted by Gasteiger charge is -2.55. The van der Waals surface area contributed by atoms with Gasteiger partial charge in [0.15, 0.2) is 12.4 Å². The number of nitro groups is 1. The molecule has 4 fully saturated rings. The fourth-order valence-corrected chi connectivity index (χ4v) is 6.33. The van der Waals surface area contributed by atoms with Gasteiger partial charge in [-0.1, -0.05) is 0 Å². The second-order valence-electron chi connectivity index (χ2n) is 8.34. The van der Waals surface area contributed by atoms with Crippen molar-refractivity contribution in [3.63, 3.8) is 0 Å². The lowest BCUT2D eigenvalue weighted by atomic mass is 9.48. The summed E-state index contributed by atoms with van der Waals surface area (Å²) in [5.41, 5.74) is -0.314. The molecule has 7 heteroatoms. The highest BCUT2D eigenvalue weighted by Gasteiger charge is 2.54. The lowest BCUT2D eigenvalue weighted by Crippen LogP contribution is -2.51. The molecule has 4 aliphatic rings. The number of hydrogen-bond acceptors (Lipinski definition) is 6. The highest BCUT2D eigenvalue weighted by atomic mass is 32.2. The summed E-state index contributed by atoms with van der Waals surface area (Å²) in [6.07, 6.45) is 8.29. The Bertz CT molecular complexity index is 770. The van der Waals surface area contributed by atoms with Gasteiger partial charge in [0.05, 0.1) is 15.4 Å². The van der Waals surface area contributed by atoms with E-state index in [1.807, 2.05) is 0 Å². The van der Waals surface area contributed by atoms with Gasteiger partial charge >= 0.3 is 5.97 Å². The zero-order valence-corrected chi connectivity index (χ0v) is 16.1.